The van der Waals surface area contributed by atoms with Gasteiger partial charge in [0.1, 0.15) is 0 Å². The third-order valence-electron chi connectivity index (χ3n) is 4.61. The molecule has 1 heteroatoms. The third-order valence-corrected chi connectivity index (χ3v) is 4.61. The molecule has 0 N–H and O–H groups in total. The van der Waals surface area contributed by atoms with E-state index in [1.165, 1.54) is 36.1 Å². The van der Waals surface area contributed by atoms with Crippen LogP contribution < -0.4 is 0 Å². The van der Waals surface area contributed by atoms with E-state index in [-0.39, 0.29) is 0 Å². The Hall–Kier alpha value is -2.41. The SMILES string of the molecule is c1ccc(CCC(CCCc2ccccn2)c2ccccc2)cc1. The van der Waals surface area contributed by atoms with Gasteiger partial charge in [0, 0.05) is 11.9 Å². The molecule has 3 aromatic rings. The fourth-order valence-corrected chi connectivity index (χ4v) is 3.26. The van der Waals surface area contributed by atoms with Gasteiger partial charge in [-0.1, -0.05) is 66.7 Å². The van der Waals surface area contributed by atoms with Gasteiger partial charge in [-0.05, 0) is 61.3 Å². The molecule has 0 spiro atoms. The van der Waals surface area contributed by atoms with Crippen LogP contribution in [0.4, 0.5) is 0 Å². The van der Waals surface area contributed by atoms with E-state index in [2.05, 4.69) is 77.8 Å². The summed E-state index contributed by atoms with van der Waals surface area (Å²) in [4.78, 5) is 4.44. The summed E-state index contributed by atoms with van der Waals surface area (Å²) >= 11 is 0. The second-order valence-corrected chi connectivity index (χ2v) is 6.35. The van der Waals surface area contributed by atoms with E-state index < -0.39 is 0 Å². The van der Waals surface area contributed by atoms with Crippen LogP contribution in [0, 0.1) is 0 Å². The van der Waals surface area contributed by atoms with Crippen LogP contribution in [0.3, 0.4) is 0 Å². The Morgan fingerprint density at radius 2 is 1.38 bits per heavy atom. The maximum atomic E-state index is 4.44. The zero-order chi connectivity index (χ0) is 16.5. The van der Waals surface area contributed by atoms with Crippen molar-refractivity contribution in [3.8, 4) is 0 Å². The molecule has 0 aliphatic carbocycles. The van der Waals surface area contributed by atoms with Crippen molar-refractivity contribution in [2.75, 3.05) is 0 Å². The maximum absolute atomic E-state index is 4.44. The van der Waals surface area contributed by atoms with E-state index >= 15 is 0 Å². The largest absolute Gasteiger partial charge is 0.261 e. The highest BCUT2D eigenvalue weighted by Gasteiger charge is 2.11. The molecule has 0 saturated heterocycles. The molecule has 1 heterocycles. The summed E-state index contributed by atoms with van der Waals surface area (Å²) in [5, 5.41) is 0. The van der Waals surface area contributed by atoms with Crippen molar-refractivity contribution in [2.45, 2.75) is 38.0 Å². The molecule has 0 fully saturated rings. The molecule has 2 aromatic carbocycles. The first-order valence-corrected chi connectivity index (χ1v) is 8.90. The van der Waals surface area contributed by atoms with Crippen LogP contribution in [0.1, 0.15) is 42.0 Å². The number of rotatable bonds is 8. The fraction of sp³-hybridized carbons (Fsp3) is 0.261. The highest BCUT2D eigenvalue weighted by Crippen LogP contribution is 2.27. The van der Waals surface area contributed by atoms with Gasteiger partial charge in [-0.2, -0.15) is 0 Å². The normalized spacial score (nSPS) is 12.0. The van der Waals surface area contributed by atoms with Crippen molar-refractivity contribution in [1.82, 2.24) is 4.98 Å². The van der Waals surface area contributed by atoms with Crippen LogP contribution >= 0.6 is 0 Å². The molecule has 0 radical (unpaired) electrons. The first-order valence-electron chi connectivity index (χ1n) is 8.90. The molecule has 1 atom stereocenters. The van der Waals surface area contributed by atoms with E-state index in [0.29, 0.717) is 5.92 Å². The monoisotopic (exact) mass is 315 g/mol. The molecule has 1 unspecified atom stereocenters. The number of aryl methyl sites for hydroxylation is 2. The third kappa shape index (κ3) is 5.06. The van der Waals surface area contributed by atoms with Crippen molar-refractivity contribution in [2.24, 2.45) is 0 Å². The quantitative estimate of drug-likeness (QED) is 0.510. The number of nitrogens with zero attached hydrogens (tertiary/aromatic N) is 1. The van der Waals surface area contributed by atoms with Crippen LogP contribution in [0.25, 0.3) is 0 Å². The number of aromatic nitrogens is 1. The van der Waals surface area contributed by atoms with Crippen molar-refractivity contribution in [3.63, 3.8) is 0 Å². The van der Waals surface area contributed by atoms with Gasteiger partial charge < -0.3 is 0 Å². The Bertz CT molecular complexity index is 692. The predicted molar refractivity (Wildman–Crippen MR) is 101 cm³/mol. The van der Waals surface area contributed by atoms with Crippen LogP contribution in [-0.4, -0.2) is 4.98 Å². The molecule has 122 valence electrons. The second kappa shape index (κ2) is 9.02. The Labute approximate surface area is 145 Å². The summed E-state index contributed by atoms with van der Waals surface area (Å²) in [6.07, 6.45) is 7.70. The predicted octanol–water partition coefficient (Wildman–Crippen LogP) is 5.82. The molecule has 0 saturated carbocycles. The molecule has 0 bridgehead atoms. The van der Waals surface area contributed by atoms with Crippen molar-refractivity contribution in [3.05, 3.63) is 102 Å². The molecular weight excluding hydrogens is 290 g/mol. The summed E-state index contributed by atoms with van der Waals surface area (Å²) in [5.74, 6) is 0.620. The van der Waals surface area contributed by atoms with Gasteiger partial charge in [0.05, 0.1) is 0 Å². The van der Waals surface area contributed by atoms with E-state index in [1.54, 1.807) is 0 Å². The molecule has 1 aromatic heterocycles. The lowest BCUT2D eigenvalue weighted by Gasteiger charge is -2.17. The van der Waals surface area contributed by atoms with Crippen molar-refractivity contribution < 1.29 is 0 Å². The van der Waals surface area contributed by atoms with Crippen LogP contribution in [-0.2, 0) is 12.8 Å². The van der Waals surface area contributed by atoms with Gasteiger partial charge in [0.15, 0.2) is 0 Å². The number of hydrogen-bond donors (Lipinski definition) is 0. The molecule has 3 rings (SSSR count). The van der Waals surface area contributed by atoms with Crippen molar-refractivity contribution >= 4 is 0 Å². The highest BCUT2D eigenvalue weighted by molar-refractivity contribution is 5.21. The average Bonchev–Trinajstić information content (AvgIpc) is 2.67. The minimum atomic E-state index is 0.620. The molecule has 0 aliphatic heterocycles. The number of benzene rings is 2. The van der Waals surface area contributed by atoms with Gasteiger partial charge in [-0.3, -0.25) is 4.98 Å². The highest BCUT2D eigenvalue weighted by atomic mass is 14.7. The van der Waals surface area contributed by atoms with E-state index in [0.717, 1.165) is 12.8 Å². The van der Waals surface area contributed by atoms with E-state index in [4.69, 9.17) is 0 Å². The Balaban J connectivity index is 1.59. The van der Waals surface area contributed by atoms with Gasteiger partial charge >= 0.3 is 0 Å². The second-order valence-electron chi connectivity index (χ2n) is 6.35. The molecule has 24 heavy (non-hydrogen) atoms. The van der Waals surface area contributed by atoms with Gasteiger partial charge in [-0.25, -0.2) is 0 Å². The number of hydrogen-bond acceptors (Lipinski definition) is 1. The number of pyridine rings is 1. The minimum absolute atomic E-state index is 0.620. The molecule has 0 aliphatic rings. The first-order chi connectivity index (χ1) is 11.9. The lowest BCUT2D eigenvalue weighted by Crippen LogP contribution is -2.02. The van der Waals surface area contributed by atoms with Crippen LogP contribution in [0.5, 0.6) is 0 Å². The fourth-order valence-electron chi connectivity index (χ4n) is 3.26. The Kier molecular flexibility index (Phi) is 6.18. The lowest BCUT2D eigenvalue weighted by atomic mass is 9.88. The van der Waals surface area contributed by atoms with Crippen LogP contribution in [0.15, 0.2) is 85.1 Å². The van der Waals surface area contributed by atoms with Gasteiger partial charge in [0.2, 0.25) is 0 Å². The topological polar surface area (TPSA) is 12.9 Å². The molecule has 0 amide bonds. The average molecular weight is 315 g/mol. The summed E-state index contributed by atoms with van der Waals surface area (Å²) in [7, 11) is 0. The summed E-state index contributed by atoms with van der Waals surface area (Å²) in [6.45, 7) is 0. The Morgan fingerprint density at radius 3 is 2.08 bits per heavy atom. The summed E-state index contributed by atoms with van der Waals surface area (Å²) < 4.78 is 0. The Morgan fingerprint density at radius 1 is 0.667 bits per heavy atom. The van der Waals surface area contributed by atoms with Crippen molar-refractivity contribution in [1.29, 1.82) is 0 Å². The van der Waals surface area contributed by atoms with E-state index in [9.17, 15) is 0 Å². The zero-order valence-electron chi connectivity index (χ0n) is 14.1. The molecule has 1 nitrogen and oxygen atoms in total. The standard InChI is InChI=1S/C23H25N/c1-3-10-20(11-4-1)17-18-22(21-12-5-2-6-13-21)14-9-16-23-15-7-8-19-24-23/h1-8,10-13,15,19,22H,9,14,16-18H2. The molecular formula is C23H25N. The lowest BCUT2D eigenvalue weighted by molar-refractivity contribution is 0.550. The zero-order valence-corrected chi connectivity index (χ0v) is 14.1. The summed E-state index contributed by atoms with van der Waals surface area (Å²) in [5.41, 5.74) is 4.10. The van der Waals surface area contributed by atoms with E-state index in [1.807, 2.05) is 12.3 Å². The first kappa shape index (κ1) is 16.4. The van der Waals surface area contributed by atoms with Gasteiger partial charge in [-0.15, -0.1) is 0 Å². The van der Waals surface area contributed by atoms with Gasteiger partial charge in [0.25, 0.3) is 0 Å². The van der Waals surface area contributed by atoms with Crippen LogP contribution in [0.2, 0.25) is 0 Å². The smallest absolute Gasteiger partial charge is 0.0403 e. The maximum Gasteiger partial charge on any atom is 0.0403 e. The summed E-state index contributed by atoms with van der Waals surface area (Å²) in [6, 6.07) is 28.0. The minimum Gasteiger partial charge on any atom is -0.261 e.